The fourth-order valence-corrected chi connectivity index (χ4v) is 4.05. The van der Waals surface area contributed by atoms with Crippen LogP contribution in [0.25, 0.3) is 0 Å². The van der Waals surface area contributed by atoms with Crippen LogP contribution in [-0.4, -0.2) is 25.5 Å². The lowest BCUT2D eigenvalue weighted by atomic mass is 9.78. The number of nitrogens with one attached hydrogen (secondary N) is 2. The lowest BCUT2D eigenvalue weighted by Gasteiger charge is -2.32. The smallest absolute Gasteiger partial charge is 0.224 e. The van der Waals surface area contributed by atoms with E-state index in [1.807, 2.05) is 0 Å². The van der Waals surface area contributed by atoms with E-state index in [0.29, 0.717) is 25.9 Å². The molecule has 2 N–H and O–H groups in total. The Bertz CT molecular complexity index is 550. The molecular weight excluding hydrogens is 334 g/mol. The molecule has 2 aliphatic rings. The summed E-state index contributed by atoms with van der Waals surface area (Å²) in [7, 11) is 0. The van der Waals surface area contributed by atoms with Crippen LogP contribution in [0.15, 0.2) is 18.2 Å². The minimum absolute atomic E-state index is 0. The first-order chi connectivity index (χ1) is 11.1. The van der Waals surface area contributed by atoms with E-state index in [4.69, 9.17) is 0 Å². The third-order valence-corrected chi connectivity index (χ3v) is 5.32. The summed E-state index contributed by atoms with van der Waals surface area (Å²) in [6, 6.07) is 4.01. The molecule has 3 rings (SSSR count). The number of hydrogen-bond donors (Lipinski definition) is 2. The summed E-state index contributed by atoms with van der Waals surface area (Å²) in [5, 5.41) is 6.20. The molecule has 134 valence electrons. The van der Waals surface area contributed by atoms with Crippen molar-refractivity contribution in [2.45, 2.75) is 43.9 Å². The molecule has 1 unspecified atom stereocenters. The van der Waals surface area contributed by atoms with Crippen molar-refractivity contribution in [3.63, 3.8) is 0 Å². The average molecular weight is 359 g/mol. The van der Waals surface area contributed by atoms with Crippen LogP contribution in [0, 0.1) is 17.6 Å². The Kier molecular flexibility index (Phi) is 6.58. The molecule has 1 amide bonds. The second kappa shape index (κ2) is 8.26. The number of rotatable bonds is 4. The number of carbonyl (C=O) groups is 1. The summed E-state index contributed by atoms with van der Waals surface area (Å²) < 4.78 is 28.5. The van der Waals surface area contributed by atoms with Gasteiger partial charge in [0, 0.05) is 24.1 Å². The van der Waals surface area contributed by atoms with E-state index in [-0.39, 0.29) is 29.8 Å². The summed E-state index contributed by atoms with van der Waals surface area (Å²) in [5.74, 6) is -1.03. The Morgan fingerprint density at radius 1 is 1.21 bits per heavy atom. The number of carbonyl (C=O) groups excluding carboxylic acids is 1. The van der Waals surface area contributed by atoms with Crippen LogP contribution >= 0.6 is 12.4 Å². The van der Waals surface area contributed by atoms with E-state index < -0.39 is 17.0 Å². The van der Waals surface area contributed by atoms with Gasteiger partial charge in [0.25, 0.3) is 0 Å². The monoisotopic (exact) mass is 358 g/mol. The van der Waals surface area contributed by atoms with Crippen molar-refractivity contribution in [2.75, 3.05) is 19.6 Å². The molecule has 1 heterocycles. The summed E-state index contributed by atoms with van der Waals surface area (Å²) in [5.41, 5.74) is -0.452. The van der Waals surface area contributed by atoms with Crippen molar-refractivity contribution in [3.8, 4) is 0 Å². The maximum Gasteiger partial charge on any atom is 0.224 e. The fraction of sp³-hybridized carbons (Fsp3) is 0.611. The lowest BCUT2D eigenvalue weighted by molar-refractivity contribution is -0.125. The van der Waals surface area contributed by atoms with Gasteiger partial charge in [-0.05, 0) is 44.4 Å². The zero-order chi connectivity index (χ0) is 16.3. The molecule has 1 aliphatic heterocycles. The van der Waals surface area contributed by atoms with Crippen LogP contribution in [0.4, 0.5) is 8.78 Å². The van der Waals surface area contributed by atoms with Crippen molar-refractivity contribution in [1.82, 2.24) is 10.6 Å². The first kappa shape index (κ1) is 19.1. The van der Waals surface area contributed by atoms with E-state index in [9.17, 15) is 13.6 Å². The van der Waals surface area contributed by atoms with Crippen LogP contribution in [0.5, 0.6) is 0 Å². The topological polar surface area (TPSA) is 41.1 Å². The van der Waals surface area contributed by atoms with E-state index in [1.54, 1.807) is 0 Å². The maximum atomic E-state index is 14.3. The van der Waals surface area contributed by atoms with Gasteiger partial charge in [-0.1, -0.05) is 18.9 Å². The van der Waals surface area contributed by atoms with Gasteiger partial charge in [-0.3, -0.25) is 4.79 Å². The van der Waals surface area contributed by atoms with Gasteiger partial charge in [0.2, 0.25) is 5.91 Å². The Labute approximate surface area is 148 Å². The predicted octanol–water partition coefficient (Wildman–Crippen LogP) is 3.31. The third kappa shape index (κ3) is 3.89. The molecule has 0 bridgehead atoms. The maximum absolute atomic E-state index is 14.3. The van der Waals surface area contributed by atoms with Gasteiger partial charge in [0.1, 0.15) is 11.6 Å². The molecule has 6 heteroatoms. The van der Waals surface area contributed by atoms with Crippen LogP contribution in [0.2, 0.25) is 0 Å². The van der Waals surface area contributed by atoms with Gasteiger partial charge in [0.15, 0.2) is 0 Å². The lowest BCUT2D eigenvalue weighted by Crippen LogP contribution is -2.45. The number of halogens is 3. The molecule has 1 aromatic carbocycles. The van der Waals surface area contributed by atoms with Crippen molar-refractivity contribution >= 4 is 18.3 Å². The van der Waals surface area contributed by atoms with E-state index in [0.717, 1.165) is 32.2 Å². The largest absolute Gasteiger partial charge is 0.355 e. The Morgan fingerprint density at radius 2 is 1.88 bits per heavy atom. The summed E-state index contributed by atoms with van der Waals surface area (Å²) in [6.07, 6.45) is 5.18. The molecule has 3 nitrogen and oxygen atoms in total. The molecule has 1 aliphatic carbocycles. The number of piperidine rings is 1. The number of hydrogen-bond acceptors (Lipinski definition) is 2. The Balaban J connectivity index is 0.00000208. The van der Waals surface area contributed by atoms with Crippen molar-refractivity contribution in [3.05, 3.63) is 35.4 Å². The highest BCUT2D eigenvalue weighted by atomic mass is 35.5. The highest BCUT2D eigenvalue weighted by molar-refractivity contribution is 5.85. The van der Waals surface area contributed by atoms with Gasteiger partial charge >= 0.3 is 0 Å². The molecule has 1 aromatic rings. The molecule has 1 saturated heterocycles. The Morgan fingerprint density at radius 3 is 2.46 bits per heavy atom. The van der Waals surface area contributed by atoms with Gasteiger partial charge in [0.05, 0.1) is 5.92 Å². The fourth-order valence-electron chi connectivity index (χ4n) is 4.05. The molecule has 2 fully saturated rings. The average Bonchev–Trinajstić information content (AvgIpc) is 3.03. The van der Waals surface area contributed by atoms with E-state index in [1.165, 1.54) is 18.2 Å². The SMILES string of the molecule is Cl.O=C(NCC1(c2c(F)cccc2F)CCCC1)C1CCCNC1. The minimum Gasteiger partial charge on any atom is -0.355 e. The molecule has 1 saturated carbocycles. The minimum atomic E-state index is -0.604. The van der Waals surface area contributed by atoms with Gasteiger partial charge in [-0.15, -0.1) is 12.4 Å². The second-order valence-corrected chi connectivity index (χ2v) is 6.85. The van der Waals surface area contributed by atoms with Crippen molar-refractivity contribution in [1.29, 1.82) is 0 Å². The highest BCUT2D eigenvalue weighted by Crippen LogP contribution is 2.42. The molecule has 0 spiro atoms. The molecule has 24 heavy (non-hydrogen) atoms. The standard InChI is InChI=1S/C18H24F2N2O.ClH/c19-14-6-3-7-15(20)16(14)18(8-1-2-9-18)12-22-17(23)13-5-4-10-21-11-13;/h3,6-7,13,21H,1-2,4-5,8-12H2,(H,22,23);1H. The van der Waals surface area contributed by atoms with Gasteiger partial charge in [-0.25, -0.2) is 8.78 Å². The second-order valence-electron chi connectivity index (χ2n) is 6.85. The van der Waals surface area contributed by atoms with Crippen LogP contribution in [0.1, 0.15) is 44.1 Å². The zero-order valence-electron chi connectivity index (χ0n) is 13.7. The Hall–Kier alpha value is -1.20. The highest BCUT2D eigenvalue weighted by Gasteiger charge is 2.40. The molecule has 0 radical (unpaired) electrons. The molecule has 1 atom stereocenters. The normalized spacial score (nSPS) is 22.7. The van der Waals surface area contributed by atoms with Crippen LogP contribution in [0.3, 0.4) is 0 Å². The third-order valence-electron chi connectivity index (χ3n) is 5.32. The number of benzene rings is 1. The van der Waals surface area contributed by atoms with Crippen LogP contribution in [-0.2, 0) is 10.2 Å². The summed E-state index contributed by atoms with van der Waals surface area (Å²) >= 11 is 0. The van der Waals surface area contributed by atoms with Gasteiger partial charge < -0.3 is 10.6 Å². The van der Waals surface area contributed by atoms with E-state index >= 15 is 0 Å². The summed E-state index contributed by atoms with van der Waals surface area (Å²) in [4.78, 5) is 12.4. The number of amides is 1. The van der Waals surface area contributed by atoms with E-state index in [2.05, 4.69) is 10.6 Å². The first-order valence-corrected chi connectivity index (χ1v) is 8.55. The predicted molar refractivity (Wildman–Crippen MR) is 92.4 cm³/mol. The summed E-state index contributed by atoms with van der Waals surface area (Å²) in [6.45, 7) is 1.96. The van der Waals surface area contributed by atoms with Crippen LogP contribution < -0.4 is 10.6 Å². The quantitative estimate of drug-likeness (QED) is 0.867. The molecule has 0 aromatic heterocycles. The van der Waals surface area contributed by atoms with Crippen molar-refractivity contribution in [2.24, 2.45) is 5.92 Å². The molecular formula is C18H25ClF2N2O. The zero-order valence-corrected chi connectivity index (χ0v) is 14.6. The van der Waals surface area contributed by atoms with Crippen molar-refractivity contribution < 1.29 is 13.6 Å². The first-order valence-electron chi connectivity index (χ1n) is 8.55. The van der Waals surface area contributed by atoms with Gasteiger partial charge in [-0.2, -0.15) is 0 Å².